The second-order valence-corrected chi connectivity index (χ2v) is 8.18. The van der Waals surface area contributed by atoms with Gasteiger partial charge >= 0.3 is 0 Å². The highest BCUT2D eigenvalue weighted by atomic mass is 16.2. The van der Waals surface area contributed by atoms with E-state index in [0.29, 0.717) is 37.4 Å². The molecule has 0 bridgehead atoms. The number of nitrogens with one attached hydrogen (secondary N) is 2. The molecule has 0 saturated carbocycles. The summed E-state index contributed by atoms with van der Waals surface area (Å²) in [6.45, 7) is 6.30. The Bertz CT molecular complexity index is 617. The maximum Gasteiger partial charge on any atom is 0.289 e. The molecule has 0 aromatic heterocycles. The van der Waals surface area contributed by atoms with Gasteiger partial charge in [-0.3, -0.25) is 20.4 Å². The average Bonchev–Trinajstić information content (AvgIpc) is 3.09. The Morgan fingerprint density at radius 1 is 1.23 bits per heavy atom. The zero-order valence-corrected chi connectivity index (χ0v) is 15.9. The summed E-state index contributed by atoms with van der Waals surface area (Å²) in [7, 11) is 0. The molecule has 0 spiro atoms. The van der Waals surface area contributed by atoms with Crippen molar-refractivity contribution in [3.63, 3.8) is 0 Å². The minimum absolute atomic E-state index is 0.225. The molecule has 5 nitrogen and oxygen atoms in total. The van der Waals surface area contributed by atoms with Crippen LogP contribution in [0.3, 0.4) is 0 Å². The molecule has 0 radical (unpaired) electrons. The molecule has 2 aliphatic heterocycles. The highest BCUT2D eigenvalue weighted by Crippen LogP contribution is 2.28. The lowest BCUT2D eigenvalue weighted by molar-refractivity contribution is -0.146. The second kappa shape index (κ2) is 8.78. The maximum atomic E-state index is 12.5. The summed E-state index contributed by atoms with van der Waals surface area (Å²) in [6, 6.07) is 10.9. The third-order valence-electron chi connectivity index (χ3n) is 5.57. The van der Waals surface area contributed by atoms with Crippen molar-refractivity contribution in [1.29, 1.82) is 0 Å². The van der Waals surface area contributed by atoms with Crippen LogP contribution in [0.1, 0.15) is 38.7 Å². The lowest BCUT2D eigenvalue weighted by Gasteiger charge is -2.37. The minimum atomic E-state index is -0.283. The number of ketones is 1. The van der Waals surface area contributed by atoms with Gasteiger partial charge in [-0.15, -0.1) is 0 Å². The van der Waals surface area contributed by atoms with E-state index in [1.807, 2.05) is 19.9 Å². The van der Waals surface area contributed by atoms with Gasteiger partial charge in [0.25, 0.3) is 5.91 Å². The van der Waals surface area contributed by atoms with Gasteiger partial charge in [-0.1, -0.05) is 44.2 Å². The van der Waals surface area contributed by atoms with Crippen LogP contribution in [0.15, 0.2) is 30.3 Å². The monoisotopic (exact) mass is 357 g/mol. The molecule has 2 aliphatic rings. The van der Waals surface area contributed by atoms with Gasteiger partial charge < -0.3 is 4.90 Å². The number of hydrogen-bond acceptors (Lipinski definition) is 4. The molecule has 142 valence electrons. The summed E-state index contributed by atoms with van der Waals surface area (Å²) in [5.41, 5.74) is 8.11. The third-order valence-corrected chi connectivity index (χ3v) is 5.57. The van der Waals surface area contributed by atoms with Crippen molar-refractivity contribution in [2.75, 3.05) is 19.6 Å². The molecule has 26 heavy (non-hydrogen) atoms. The van der Waals surface area contributed by atoms with E-state index in [4.69, 9.17) is 0 Å². The van der Waals surface area contributed by atoms with Gasteiger partial charge in [-0.25, -0.2) is 0 Å². The van der Waals surface area contributed by atoms with E-state index in [0.717, 1.165) is 25.8 Å². The van der Waals surface area contributed by atoms with Crippen molar-refractivity contribution in [3.8, 4) is 0 Å². The van der Waals surface area contributed by atoms with E-state index < -0.39 is 0 Å². The molecule has 1 aromatic rings. The van der Waals surface area contributed by atoms with Crippen molar-refractivity contribution in [2.24, 2.45) is 17.8 Å². The Hall–Kier alpha value is -1.72. The lowest BCUT2D eigenvalue weighted by atomic mass is 9.81. The van der Waals surface area contributed by atoms with Gasteiger partial charge in [0.1, 0.15) is 0 Å². The van der Waals surface area contributed by atoms with Crippen LogP contribution in [0.4, 0.5) is 0 Å². The Morgan fingerprint density at radius 3 is 2.73 bits per heavy atom. The number of carbonyl (C=O) groups excluding carboxylic acids is 2. The second-order valence-electron chi connectivity index (χ2n) is 8.18. The predicted octanol–water partition coefficient (Wildman–Crippen LogP) is 2.18. The predicted molar refractivity (Wildman–Crippen MR) is 102 cm³/mol. The molecule has 3 atom stereocenters. The summed E-state index contributed by atoms with van der Waals surface area (Å²) >= 11 is 0. The number of amides is 1. The van der Waals surface area contributed by atoms with Crippen LogP contribution in [-0.4, -0.2) is 42.3 Å². The van der Waals surface area contributed by atoms with Crippen LogP contribution in [0.2, 0.25) is 0 Å². The van der Waals surface area contributed by atoms with E-state index in [9.17, 15) is 9.59 Å². The first kappa shape index (κ1) is 19.1. The summed E-state index contributed by atoms with van der Waals surface area (Å²) < 4.78 is 0. The molecule has 0 aliphatic carbocycles. The number of rotatable bonds is 6. The fourth-order valence-electron chi connectivity index (χ4n) is 4.29. The van der Waals surface area contributed by atoms with E-state index in [1.165, 1.54) is 5.56 Å². The molecule has 2 N–H and O–H groups in total. The Morgan fingerprint density at radius 2 is 2.00 bits per heavy atom. The third kappa shape index (κ3) is 4.71. The van der Waals surface area contributed by atoms with Crippen molar-refractivity contribution < 1.29 is 9.59 Å². The normalized spacial score (nSPS) is 26.3. The van der Waals surface area contributed by atoms with E-state index >= 15 is 0 Å². The molecule has 3 rings (SSSR count). The smallest absolute Gasteiger partial charge is 0.289 e. The first-order valence-electron chi connectivity index (χ1n) is 9.89. The molecule has 5 heteroatoms. The quantitative estimate of drug-likeness (QED) is 0.766. The maximum absolute atomic E-state index is 12.5. The zero-order valence-electron chi connectivity index (χ0n) is 15.9. The molecule has 2 saturated heterocycles. The summed E-state index contributed by atoms with van der Waals surface area (Å²) in [6.07, 6.45) is 3.45. The van der Waals surface area contributed by atoms with Crippen LogP contribution < -0.4 is 10.9 Å². The lowest BCUT2D eigenvalue weighted by Crippen LogP contribution is -2.50. The largest absolute Gasteiger partial charge is 0.336 e. The number of likely N-dealkylation sites (tertiary alicyclic amines) is 1. The Kier molecular flexibility index (Phi) is 6.43. The van der Waals surface area contributed by atoms with Crippen LogP contribution in [0, 0.1) is 17.8 Å². The number of Topliss-reactive ketones (excluding diaryl/α,β-unsaturated/α-hetero) is 1. The van der Waals surface area contributed by atoms with Gasteiger partial charge in [0.05, 0.1) is 0 Å². The van der Waals surface area contributed by atoms with Crippen LogP contribution in [0.25, 0.3) is 0 Å². The Balaban J connectivity index is 1.61. The van der Waals surface area contributed by atoms with Crippen molar-refractivity contribution in [2.45, 2.75) is 45.6 Å². The number of piperidine rings is 1. The van der Waals surface area contributed by atoms with E-state index in [-0.39, 0.29) is 17.6 Å². The summed E-state index contributed by atoms with van der Waals surface area (Å²) in [5.74, 6) is 0.600. The zero-order chi connectivity index (χ0) is 18.5. The van der Waals surface area contributed by atoms with Crippen LogP contribution in [0.5, 0.6) is 0 Å². The van der Waals surface area contributed by atoms with Gasteiger partial charge in [-0.2, -0.15) is 0 Å². The number of nitrogens with zero attached hydrogens (tertiary/aromatic N) is 1. The topological polar surface area (TPSA) is 61.4 Å². The molecule has 1 aromatic carbocycles. The first-order chi connectivity index (χ1) is 12.5. The number of carbonyl (C=O) groups is 2. The molecule has 2 heterocycles. The van der Waals surface area contributed by atoms with Gasteiger partial charge in [0.15, 0.2) is 0 Å². The summed E-state index contributed by atoms with van der Waals surface area (Å²) in [5, 5.41) is 0. The van der Waals surface area contributed by atoms with Gasteiger partial charge in [-0.05, 0) is 42.6 Å². The average molecular weight is 357 g/mol. The van der Waals surface area contributed by atoms with Gasteiger partial charge in [0, 0.05) is 32.1 Å². The number of hydrazine groups is 1. The fourth-order valence-corrected chi connectivity index (χ4v) is 4.29. The van der Waals surface area contributed by atoms with Crippen LogP contribution >= 0.6 is 0 Å². The number of hydrogen-bond donors (Lipinski definition) is 2. The van der Waals surface area contributed by atoms with Crippen LogP contribution in [-0.2, 0) is 16.0 Å². The Labute approximate surface area is 156 Å². The van der Waals surface area contributed by atoms with Crippen molar-refractivity contribution in [3.05, 3.63) is 35.9 Å². The molecular formula is C21H31N3O2. The number of benzene rings is 1. The van der Waals surface area contributed by atoms with E-state index in [2.05, 4.69) is 35.1 Å². The SMILES string of the molecule is CC(C)CC(=O)C(=O)N1CCCC(C2NNCC2Cc2ccccc2)C1. The molecular weight excluding hydrogens is 326 g/mol. The van der Waals surface area contributed by atoms with Crippen molar-refractivity contribution in [1.82, 2.24) is 15.8 Å². The van der Waals surface area contributed by atoms with Gasteiger partial charge in [0.2, 0.25) is 5.78 Å². The minimum Gasteiger partial charge on any atom is -0.336 e. The highest BCUT2D eigenvalue weighted by Gasteiger charge is 2.37. The first-order valence-corrected chi connectivity index (χ1v) is 9.89. The molecule has 1 amide bonds. The standard InChI is InChI=1S/C21H31N3O2/c1-15(2)11-19(25)21(26)24-10-6-9-17(14-24)20-18(13-22-23-20)12-16-7-4-3-5-8-16/h3-5,7-8,15,17-18,20,22-23H,6,9-14H2,1-2H3. The molecule has 3 unspecified atom stereocenters. The van der Waals surface area contributed by atoms with Crippen molar-refractivity contribution >= 4 is 11.7 Å². The highest BCUT2D eigenvalue weighted by molar-refractivity contribution is 6.36. The fraction of sp³-hybridized carbons (Fsp3) is 0.619. The summed E-state index contributed by atoms with van der Waals surface area (Å²) in [4.78, 5) is 26.5. The molecule has 2 fully saturated rings. The van der Waals surface area contributed by atoms with E-state index in [1.54, 1.807) is 4.90 Å².